The van der Waals surface area contributed by atoms with Gasteiger partial charge in [-0.3, -0.25) is 4.79 Å². The zero-order valence-corrected chi connectivity index (χ0v) is 11.5. The van der Waals surface area contributed by atoms with E-state index in [9.17, 15) is 4.79 Å². The van der Waals surface area contributed by atoms with Gasteiger partial charge in [-0.05, 0) is 30.4 Å². The first-order valence-corrected chi connectivity index (χ1v) is 6.85. The second-order valence-electron chi connectivity index (χ2n) is 5.07. The lowest BCUT2D eigenvalue weighted by atomic mass is 10.1. The molecule has 0 saturated carbocycles. The Kier molecular flexibility index (Phi) is 4.93. The number of rotatable bonds is 4. The molecular formula is C15H22N2O2. The van der Waals surface area contributed by atoms with Gasteiger partial charge in [0.15, 0.2) is 0 Å². The molecule has 0 spiro atoms. The number of carbonyl (C=O) groups is 1. The van der Waals surface area contributed by atoms with Crippen LogP contribution in [0.2, 0.25) is 0 Å². The summed E-state index contributed by atoms with van der Waals surface area (Å²) in [6, 6.07) is 8.05. The van der Waals surface area contributed by atoms with E-state index in [1.807, 2.05) is 31.3 Å². The van der Waals surface area contributed by atoms with Crippen molar-refractivity contribution >= 4 is 5.91 Å². The number of nitrogens with zero attached hydrogens (tertiary/aromatic N) is 1. The van der Waals surface area contributed by atoms with E-state index in [2.05, 4.69) is 0 Å². The van der Waals surface area contributed by atoms with Crippen molar-refractivity contribution in [2.75, 3.05) is 13.7 Å². The molecule has 1 saturated heterocycles. The van der Waals surface area contributed by atoms with Gasteiger partial charge in [0.25, 0.3) is 5.91 Å². The molecule has 2 N–H and O–H groups in total. The second kappa shape index (κ2) is 6.68. The number of carbonyl (C=O) groups excluding carboxylic acids is 1. The predicted molar refractivity (Wildman–Crippen MR) is 74.4 cm³/mol. The second-order valence-corrected chi connectivity index (χ2v) is 5.07. The molecule has 4 nitrogen and oxygen atoms in total. The van der Waals surface area contributed by atoms with Crippen LogP contribution in [-0.2, 0) is 22.6 Å². The summed E-state index contributed by atoms with van der Waals surface area (Å²) < 4.78 is 5.53. The molecule has 19 heavy (non-hydrogen) atoms. The third kappa shape index (κ3) is 3.78. The van der Waals surface area contributed by atoms with E-state index < -0.39 is 0 Å². The summed E-state index contributed by atoms with van der Waals surface area (Å²) in [5, 5.41) is 0. The summed E-state index contributed by atoms with van der Waals surface area (Å²) >= 11 is 0. The van der Waals surface area contributed by atoms with Gasteiger partial charge < -0.3 is 15.4 Å². The fraction of sp³-hybridized carbons (Fsp3) is 0.533. The van der Waals surface area contributed by atoms with Gasteiger partial charge in [-0.2, -0.15) is 0 Å². The highest BCUT2D eigenvalue weighted by atomic mass is 16.5. The van der Waals surface area contributed by atoms with Gasteiger partial charge in [-0.1, -0.05) is 24.3 Å². The average Bonchev–Trinajstić information content (AvgIpc) is 2.48. The monoisotopic (exact) mass is 262 g/mol. The normalized spacial score (nSPS) is 19.2. The van der Waals surface area contributed by atoms with Crippen LogP contribution in [0.1, 0.15) is 30.4 Å². The van der Waals surface area contributed by atoms with Crippen molar-refractivity contribution in [2.45, 2.75) is 38.5 Å². The minimum absolute atomic E-state index is 0.0857. The summed E-state index contributed by atoms with van der Waals surface area (Å²) in [6.07, 6.45) is 2.74. The SMILES string of the molecule is CN(Cc1ccc(CN)cc1)C(=O)C1CCCCO1. The first kappa shape index (κ1) is 14.0. The molecule has 0 radical (unpaired) electrons. The molecular weight excluding hydrogens is 240 g/mol. The lowest BCUT2D eigenvalue weighted by Gasteiger charge is -2.26. The minimum atomic E-state index is -0.248. The van der Waals surface area contributed by atoms with Crippen molar-refractivity contribution in [3.8, 4) is 0 Å². The maximum Gasteiger partial charge on any atom is 0.251 e. The summed E-state index contributed by atoms with van der Waals surface area (Å²) in [7, 11) is 1.83. The Bertz CT molecular complexity index is 411. The molecule has 1 fully saturated rings. The molecule has 1 atom stereocenters. The smallest absolute Gasteiger partial charge is 0.251 e. The first-order chi connectivity index (χ1) is 9.20. The summed E-state index contributed by atoms with van der Waals surface area (Å²) in [4.78, 5) is 13.9. The highest BCUT2D eigenvalue weighted by molar-refractivity contribution is 5.80. The Morgan fingerprint density at radius 2 is 2.00 bits per heavy atom. The Labute approximate surface area is 114 Å². The Hall–Kier alpha value is -1.39. The Morgan fingerprint density at radius 1 is 1.32 bits per heavy atom. The summed E-state index contributed by atoms with van der Waals surface area (Å²) in [5.74, 6) is 0.0857. The number of ether oxygens (including phenoxy) is 1. The summed E-state index contributed by atoms with van der Waals surface area (Å²) in [5.41, 5.74) is 7.79. The van der Waals surface area contributed by atoms with Crippen LogP contribution >= 0.6 is 0 Å². The highest BCUT2D eigenvalue weighted by Gasteiger charge is 2.24. The highest BCUT2D eigenvalue weighted by Crippen LogP contribution is 2.16. The van der Waals surface area contributed by atoms with Crippen LogP contribution < -0.4 is 5.73 Å². The number of nitrogens with two attached hydrogens (primary N) is 1. The third-order valence-electron chi connectivity index (χ3n) is 3.51. The van der Waals surface area contributed by atoms with E-state index in [1.165, 1.54) is 0 Å². The van der Waals surface area contributed by atoms with E-state index in [1.54, 1.807) is 4.90 Å². The number of hydrogen-bond donors (Lipinski definition) is 1. The molecule has 104 valence electrons. The standard InChI is InChI=1S/C15H22N2O2/c1-17(15(18)14-4-2-3-9-19-14)11-13-7-5-12(10-16)6-8-13/h5-8,14H,2-4,9-11,16H2,1H3. The zero-order chi connectivity index (χ0) is 13.7. The van der Waals surface area contributed by atoms with Gasteiger partial charge in [-0.25, -0.2) is 0 Å². The third-order valence-corrected chi connectivity index (χ3v) is 3.51. The van der Waals surface area contributed by atoms with Crippen molar-refractivity contribution in [3.63, 3.8) is 0 Å². The first-order valence-electron chi connectivity index (χ1n) is 6.85. The lowest BCUT2D eigenvalue weighted by Crippen LogP contribution is -2.39. The predicted octanol–water partition coefficient (Wildman–Crippen LogP) is 1.67. The molecule has 1 aliphatic heterocycles. The van der Waals surface area contributed by atoms with E-state index in [-0.39, 0.29) is 12.0 Å². The van der Waals surface area contributed by atoms with Crippen molar-refractivity contribution in [3.05, 3.63) is 35.4 Å². The van der Waals surface area contributed by atoms with Gasteiger partial charge >= 0.3 is 0 Å². The maximum absolute atomic E-state index is 12.2. The summed E-state index contributed by atoms with van der Waals surface area (Å²) in [6.45, 7) is 1.87. The Balaban J connectivity index is 1.91. The molecule has 1 aromatic carbocycles. The van der Waals surface area contributed by atoms with Crippen molar-refractivity contribution in [1.29, 1.82) is 0 Å². The van der Waals surface area contributed by atoms with E-state index in [0.29, 0.717) is 19.7 Å². The molecule has 0 aliphatic carbocycles. The largest absolute Gasteiger partial charge is 0.368 e. The Morgan fingerprint density at radius 3 is 2.58 bits per heavy atom. The maximum atomic E-state index is 12.2. The number of likely N-dealkylation sites (N-methyl/N-ethyl adjacent to an activating group) is 1. The minimum Gasteiger partial charge on any atom is -0.368 e. The molecule has 1 amide bonds. The topological polar surface area (TPSA) is 55.6 Å². The fourth-order valence-corrected chi connectivity index (χ4v) is 2.31. The van der Waals surface area contributed by atoms with Crippen LogP contribution in [0.3, 0.4) is 0 Å². The fourth-order valence-electron chi connectivity index (χ4n) is 2.31. The van der Waals surface area contributed by atoms with E-state index in [0.717, 1.165) is 30.4 Å². The molecule has 1 aromatic rings. The average molecular weight is 262 g/mol. The molecule has 1 aliphatic rings. The van der Waals surface area contributed by atoms with Gasteiger partial charge in [0.2, 0.25) is 0 Å². The molecule has 1 heterocycles. The van der Waals surface area contributed by atoms with E-state index >= 15 is 0 Å². The van der Waals surface area contributed by atoms with Gasteiger partial charge in [-0.15, -0.1) is 0 Å². The van der Waals surface area contributed by atoms with Crippen molar-refractivity contribution in [2.24, 2.45) is 5.73 Å². The molecule has 4 heteroatoms. The van der Waals surface area contributed by atoms with Crippen LogP contribution in [0.4, 0.5) is 0 Å². The van der Waals surface area contributed by atoms with E-state index in [4.69, 9.17) is 10.5 Å². The molecule has 0 bridgehead atoms. The number of amides is 1. The van der Waals surface area contributed by atoms with Gasteiger partial charge in [0.05, 0.1) is 0 Å². The lowest BCUT2D eigenvalue weighted by molar-refractivity contribution is -0.145. The van der Waals surface area contributed by atoms with Gasteiger partial charge in [0, 0.05) is 26.7 Å². The number of benzene rings is 1. The molecule has 1 unspecified atom stereocenters. The zero-order valence-electron chi connectivity index (χ0n) is 11.5. The van der Waals surface area contributed by atoms with Crippen LogP contribution in [0, 0.1) is 0 Å². The van der Waals surface area contributed by atoms with Crippen LogP contribution in [0.25, 0.3) is 0 Å². The van der Waals surface area contributed by atoms with Crippen LogP contribution in [0.15, 0.2) is 24.3 Å². The van der Waals surface area contributed by atoms with Crippen molar-refractivity contribution < 1.29 is 9.53 Å². The van der Waals surface area contributed by atoms with Crippen LogP contribution in [0.5, 0.6) is 0 Å². The molecule has 0 aromatic heterocycles. The van der Waals surface area contributed by atoms with Crippen molar-refractivity contribution in [1.82, 2.24) is 4.90 Å². The van der Waals surface area contributed by atoms with Gasteiger partial charge in [0.1, 0.15) is 6.10 Å². The van der Waals surface area contributed by atoms with Crippen LogP contribution in [-0.4, -0.2) is 30.6 Å². The number of hydrogen-bond acceptors (Lipinski definition) is 3. The quantitative estimate of drug-likeness (QED) is 0.898. The molecule has 2 rings (SSSR count).